The Hall–Kier alpha value is -1.16. The van der Waals surface area contributed by atoms with Crippen LogP contribution in [0.5, 0.6) is 0 Å². The molecule has 3 heteroatoms. The minimum atomic E-state index is 0.559. The maximum Gasteiger partial charge on any atom is 0.0231 e. The highest BCUT2D eigenvalue weighted by Gasteiger charge is 2.27. The summed E-state index contributed by atoms with van der Waals surface area (Å²) < 4.78 is 0. The second-order valence-electron chi connectivity index (χ2n) is 6.65. The van der Waals surface area contributed by atoms with Crippen molar-refractivity contribution in [2.75, 3.05) is 39.8 Å². The zero-order valence-corrected chi connectivity index (χ0v) is 14.1. The molecule has 1 aliphatic heterocycles. The number of likely N-dealkylation sites (N-methyl/N-ethyl adjacent to an activating group) is 1. The van der Waals surface area contributed by atoms with Crippen LogP contribution in [0.3, 0.4) is 0 Å². The van der Waals surface area contributed by atoms with Gasteiger partial charge in [0.25, 0.3) is 0 Å². The van der Waals surface area contributed by atoms with Gasteiger partial charge in [0.2, 0.25) is 0 Å². The van der Waals surface area contributed by atoms with Crippen LogP contribution >= 0.6 is 11.3 Å². The van der Waals surface area contributed by atoms with Crippen LogP contribution in [0.4, 0.5) is 0 Å². The van der Waals surface area contributed by atoms with E-state index in [0.717, 1.165) is 0 Å². The molecule has 2 aliphatic rings. The molecule has 116 valence electrons. The van der Waals surface area contributed by atoms with E-state index in [4.69, 9.17) is 0 Å². The predicted octanol–water partition coefficient (Wildman–Crippen LogP) is 3.23. The molecule has 1 saturated heterocycles. The second-order valence-corrected chi connectivity index (χ2v) is 7.66. The van der Waals surface area contributed by atoms with Gasteiger partial charge in [-0.15, -0.1) is 11.3 Å². The van der Waals surface area contributed by atoms with E-state index in [9.17, 15) is 0 Å². The van der Waals surface area contributed by atoms with Crippen LogP contribution in [0, 0.1) is 0 Å². The third-order valence-corrected chi connectivity index (χ3v) is 6.24. The highest BCUT2D eigenvalue weighted by Crippen LogP contribution is 2.37. The van der Waals surface area contributed by atoms with Crippen molar-refractivity contribution >= 4 is 11.3 Å². The number of fused-ring (bicyclic) bond motifs is 2. The average Bonchev–Trinajstić information content (AvgIpc) is 2.96. The zero-order valence-electron chi connectivity index (χ0n) is 13.3. The molecule has 2 nitrogen and oxygen atoms in total. The molecule has 22 heavy (non-hydrogen) atoms. The molecule has 0 bridgehead atoms. The zero-order chi connectivity index (χ0) is 14.9. The van der Waals surface area contributed by atoms with Gasteiger partial charge in [-0.2, -0.15) is 0 Å². The molecule has 0 spiro atoms. The van der Waals surface area contributed by atoms with Crippen LogP contribution in [0.2, 0.25) is 0 Å². The fourth-order valence-corrected chi connectivity index (χ4v) is 4.81. The van der Waals surface area contributed by atoms with Crippen LogP contribution < -0.4 is 0 Å². The molecular weight excluding hydrogens is 288 g/mol. The highest BCUT2D eigenvalue weighted by molar-refractivity contribution is 7.10. The van der Waals surface area contributed by atoms with Gasteiger partial charge in [0.05, 0.1) is 0 Å². The van der Waals surface area contributed by atoms with Gasteiger partial charge in [-0.1, -0.05) is 24.3 Å². The van der Waals surface area contributed by atoms with E-state index in [1.54, 1.807) is 21.6 Å². The number of hydrogen-bond acceptors (Lipinski definition) is 3. The first-order valence-electron chi connectivity index (χ1n) is 8.36. The Balaban J connectivity index is 1.66. The molecule has 1 unspecified atom stereocenters. The lowest BCUT2D eigenvalue weighted by molar-refractivity contribution is 0.150. The Bertz CT molecular complexity index is 640. The van der Waals surface area contributed by atoms with Crippen LogP contribution in [0.1, 0.15) is 27.5 Å². The topological polar surface area (TPSA) is 6.48 Å². The van der Waals surface area contributed by atoms with Crippen molar-refractivity contribution in [3.63, 3.8) is 0 Å². The molecule has 0 N–H and O–H groups in total. The first-order chi connectivity index (χ1) is 10.8. The normalized spacial score (nSPS) is 22.9. The standard InChI is InChI=1S/C19H24N2S/c1-20-9-11-21(12-10-20)14-18-16-5-3-2-4-15(16)6-7-19-17(18)8-13-22-19/h2-5,8,13,18H,6-7,9-12,14H2,1H3. The van der Waals surface area contributed by atoms with E-state index < -0.39 is 0 Å². The van der Waals surface area contributed by atoms with Crippen molar-refractivity contribution in [1.82, 2.24) is 9.80 Å². The molecule has 4 rings (SSSR count). The van der Waals surface area contributed by atoms with Gasteiger partial charge in [0, 0.05) is 43.5 Å². The van der Waals surface area contributed by atoms with Gasteiger partial charge in [-0.3, -0.25) is 4.90 Å². The van der Waals surface area contributed by atoms with E-state index in [1.165, 1.54) is 45.6 Å². The average molecular weight is 312 g/mol. The Morgan fingerprint density at radius 3 is 2.68 bits per heavy atom. The summed E-state index contributed by atoms with van der Waals surface area (Å²) in [5.41, 5.74) is 4.72. The van der Waals surface area contributed by atoms with Gasteiger partial charge in [-0.25, -0.2) is 0 Å². The maximum absolute atomic E-state index is 2.66. The number of hydrogen-bond donors (Lipinski definition) is 0. The summed E-state index contributed by atoms with van der Waals surface area (Å²) >= 11 is 1.95. The third kappa shape index (κ3) is 2.73. The van der Waals surface area contributed by atoms with Crippen LogP contribution in [-0.2, 0) is 12.8 Å². The molecule has 2 aromatic rings. The van der Waals surface area contributed by atoms with Gasteiger partial charge >= 0.3 is 0 Å². The van der Waals surface area contributed by atoms with Gasteiger partial charge in [0.15, 0.2) is 0 Å². The lowest BCUT2D eigenvalue weighted by Gasteiger charge is -2.35. The Morgan fingerprint density at radius 1 is 1.00 bits per heavy atom. The summed E-state index contributed by atoms with van der Waals surface area (Å²) in [5.74, 6) is 0.559. The van der Waals surface area contributed by atoms with Crippen molar-refractivity contribution in [3.05, 3.63) is 57.3 Å². The Labute approximate surface area is 137 Å². The first kappa shape index (κ1) is 14.4. The van der Waals surface area contributed by atoms with E-state index >= 15 is 0 Å². The van der Waals surface area contributed by atoms with Crippen molar-refractivity contribution in [3.8, 4) is 0 Å². The summed E-state index contributed by atoms with van der Waals surface area (Å²) in [7, 11) is 2.23. The molecule has 0 saturated carbocycles. The third-order valence-electron chi connectivity index (χ3n) is 5.24. The van der Waals surface area contributed by atoms with Gasteiger partial charge < -0.3 is 4.90 Å². The maximum atomic E-state index is 2.66. The summed E-state index contributed by atoms with van der Waals surface area (Å²) in [5, 5.41) is 2.29. The monoisotopic (exact) mass is 312 g/mol. The fraction of sp³-hybridized carbons (Fsp3) is 0.474. The van der Waals surface area contributed by atoms with Crippen LogP contribution in [-0.4, -0.2) is 49.6 Å². The number of nitrogens with zero attached hydrogens (tertiary/aromatic N) is 2. The number of rotatable bonds is 2. The van der Waals surface area contributed by atoms with E-state index in [0.29, 0.717) is 5.92 Å². The minimum absolute atomic E-state index is 0.559. The SMILES string of the molecule is CN1CCN(CC2c3ccccc3CCc3sccc32)CC1. The van der Waals surface area contributed by atoms with E-state index in [2.05, 4.69) is 52.6 Å². The molecule has 1 fully saturated rings. The number of benzene rings is 1. The highest BCUT2D eigenvalue weighted by atomic mass is 32.1. The number of thiophene rings is 1. The molecule has 1 aromatic heterocycles. The predicted molar refractivity (Wildman–Crippen MR) is 93.9 cm³/mol. The number of aryl methyl sites for hydroxylation is 2. The van der Waals surface area contributed by atoms with E-state index in [-0.39, 0.29) is 0 Å². The van der Waals surface area contributed by atoms with Crippen molar-refractivity contribution < 1.29 is 0 Å². The van der Waals surface area contributed by atoms with E-state index in [1.807, 2.05) is 11.3 Å². The molecule has 1 aromatic carbocycles. The van der Waals surface area contributed by atoms with Crippen LogP contribution in [0.15, 0.2) is 35.7 Å². The number of piperazine rings is 1. The Morgan fingerprint density at radius 2 is 1.82 bits per heavy atom. The second kappa shape index (κ2) is 6.15. The summed E-state index contributed by atoms with van der Waals surface area (Å²) in [4.78, 5) is 6.71. The first-order valence-corrected chi connectivity index (χ1v) is 9.24. The van der Waals surface area contributed by atoms with Gasteiger partial charge in [0.1, 0.15) is 0 Å². The molecule has 0 amide bonds. The summed E-state index contributed by atoms with van der Waals surface area (Å²) in [6.07, 6.45) is 2.41. The molecule has 1 atom stereocenters. The van der Waals surface area contributed by atoms with Gasteiger partial charge in [-0.05, 0) is 48.0 Å². The van der Waals surface area contributed by atoms with Crippen molar-refractivity contribution in [2.24, 2.45) is 0 Å². The smallest absolute Gasteiger partial charge is 0.0231 e. The quantitative estimate of drug-likeness (QED) is 0.840. The van der Waals surface area contributed by atoms with Crippen molar-refractivity contribution in [1.29, 1.82) is 0 Å². The minimum Gasteiger partial charge on any atom is -0.304 e. The van der Waals surface area contributed by atoms with Crippen LogP contribution in [0.25, 0.3) is 0 Å². The Kier molecular flexibility index (Phi) is 4.03. The summed E-state index contributed by atoms with van der Waals surface area (Å²) in [6.45, 7) is 5.98. The molecule has 1 aliphatic carbocycles. The lowest BCUT2D eigenvalue weighted by atomic mass is 9.89. The fourth-order valence-electron chi connectivity index (χ4n) is 3.87. The lowest BCUT2D eigenvalue weighted by Crippen LogP contribution is -2.45. The summed E-state index contributed by atoms with van der Waals surface area (Å²) in [6, 6.07) is 11.5. The van der Waals surface area contributed by atoms with Crippen molar-refractivity contribution in [2.45, 2.75) is 18.8 Å². The molecular formula is C19H24N2S. The molecule has 0 radical (unpaired) electrons. The largest absolute Gasteiger partial charge is 0.304 e. The molecule has 2 heterocycles.